The number of rotatable bonds is 5. The van der Waals surface area contributed by atoms with Crippen LogP contribution in [0.5, 0.6) is 0 Å². The van der Waals surface area contributed by atoms with Crippen LogP contribution in [0.1, 0.15) is 27.6 Å². The molecule has 0 aromatic heterocycles. The van der Waals surface area contributed by atoms with Gasteiger partial charge < -0.3 is 10.1 Å². The number of morpholine rings is 1. The SMILES string of the molecule is CC(=O)c1ccccc1NC(=O)c1ccc(S(=O)(=O)N2CCOCC2)cc1. The molecule has 3 rings (SSSR count). The average Bonchev–Trinajstić information content (AvgIpc) is 2.69. The molecule has 1 aliphatic heterocycles. The van der Waals surface area contributed by atoms with Crippen LogP contribution in [0.3, 0.4) is 0 Å². The average molecular weight is 388 g/mol. The van der Waals surface area contributed by atoms with Crippen LogP contribution in [-0.2, 0) is 14.8 Å². The van der Waals surface area contributed by atoms with Crippen molar-refractivity contribution < 1.29 is 22.7 Å². The molecule has 1 amide bonds. The summed E-state index contributed by atoms with van der Waals surface area (Å²) < 4.78 is 31.8. The molecule has 142 valence electrons. The van der Waals surface area contributed by atoms with E-state index in [0.29, 0.717) is 43.1 Å². The number of nitrogens with zero attached hydrogens (tertiary/aromatic N) is 1. The predicted octanol–water partition coefficient (Wildman–Crippen LogP) is 2.16. The molecule has 0 atom stereocenters. The van der Waals surface area contributed by atoms with E-state index in [0.717, 1.165) is 0 Å². The number of ether oxygens (including phenoxy) is 1. The van der Waals surface area contributed by atoms with Gasteiger partial charge in [-0.2, -0.15) is 4.31 Å². The molecule has 0 aliphatic carbocycles. The van der Waals surface area contributed by atoms with E-state index in [1.807, 2.05) is 0 Å². The van der Waals surface area contributed by atoms with Crippen molar-refractivity contribution in [3.63, 3.8) is 0 Å². The first kappa shape index (κ1) is 19.2. The number of para-hydroxylation sites is 1. The fraction of sp³-hybridized carbons (Fsp3) is 0.263. The lowest BCUT2D eigenvalue weighted by molar-refractivity contribution is 0.0730. The zero-order valence-corrected chi connectivity index (χ0v) is 15.7. The fourth-order valence-electron chi connectivity index (χ4n) is 2.81. The van der Waals surface area contributed by atoms with E-state index < -0.39 is 15.9 Å². The van der Waals surface area contributed by atoms with Gasteiger partial charge in [-0.05, 0) is 43.3 Å². The van der Waals surface area contributed by atoms with Crippen LogP contribution in [0, 0.1) is 0 Å². The molecular weight excluding hydrogens is 368 g/mol. The van der Waals surface area contributed by atoms with E-state index in [9.17, 15) is 18.0 Å². The highest BCUT2D eigenvalue weighted by atomic mass is 32.2. The Kier molecular flexibility index (Phi) is 5.69. The normalized spacial score (nSPS) is 15.3. The van der Waals surface area contributed by atoms with E-state index in [1.54, 1.807) is 24.3 Å². The number of sulfonamides is 1. The minimum Gasteiger partial charge on any atom is -0.379 e. The molecule has 8 heteroatoms. The highest BCUT2D eigenvalue weighted by molar-refractivity contribution is 7.89. The van der Waals surface area contributed by atoms with Crippen LogP contribution in [0.4, 0.5) is 5.69 Å². The van der Waals surface area contributed by atoms with Crippen LogP contribution in [0.25, 0.3) is 0 Å². The lowest BCUT2D eigenvalue weighted by Crippen LogP contribution is -2.40. The summed E-state index contributed by atoms with van der Waals surface area (Å²) in [5.41, 5.74) is 1.13. The number of amides is 1. The minimum atomic E-state index is -3.60. The summed E-state index contributed by atoms with van der Waals surface area (Å²) >= 11 is 0. The molecule has 27 heavy (non-hydrogen) atoms. The standard InChI is InChI=1S/C19H20N2O5S/c1-14(22)17-4-2-3-5-18(17)20-19(23)15-6-8-16(9-7-15)27(24,25)21-10-12-26-13-11-21/h2-9H,10-13H2,1H3,(H,20,23). The van der Waals surface area contributed by atoms with Crippen molar-refractivity contribution >= 4 is 27.4 Å². The van der Waals surface area contributed by atoms with E-state index in [1.165, 1.54) is 35.5 Å². The molecule has 0 spiro atoms. The van der Waals surface area contributed by atoms with Crippen molar-refractivity contribution in [2.24, 2.45) is 0 Å². The summed E-state index contributed by atoms with van der Waals surface area (Å²) in [6.07, 6.45) is 0. The highest BCUT2D eigenvalue weighted by Crippen LogP contribution is 2.20. The minimum absolute atomic E-state index is 0.130. The Bertz CT molecular complexity index is 948. The third-order valence-electron chi connectivity index (χ3n) is 4.28. The maximum Gasteiger partial charge on any atom is 0.255 e. The Hall–Kier alpha value is -2.55. The summed E-state index contributed by atoms with van der Waals surface area (Å²) in [7, 11) is -3.60. The van der Waals surface area contributed by atoms with Crippen molar-refractivity contribution in [1.29, 1.82) is 0 Å². The van der Waals surface area contributed by atoms with Gasteiger partial charge in [-0.3, -0.25) is 9.59 Å². The van der Waals surface area contributed by atoms with Gasteiger partial charge in [0, 0.05) is 24.2 Å². The summed E-state index contributed by atoms with van der Waals surface area (Å²) in [6, 6.07) is 12.5. The van der Waals surface area contributed by atoms with E-state index >= 15 is 0 Å². The van der Waals surface area contributed by atoms with E-state index in [2.05, 4.69) is 5.32 Å². The summed E-state index contributed by atoms with van der Waals surface area (Å²) in [4.78, 5) is 24.2. The largest absolute Gasteiger partial charge is 0.379 e. The van der Waals surface area contributed by atoms with E-state index in [-0.39, 0.29) is 10.7 Å². The van der Waals surface area contributed by atoms with Crippen molar-refractivity contribution in [2.45, 2.75) is 11.8 Å². The number of carbonyl (C=O) groups is 2. The van der Waals surface area contributed by atoms with Crippen molar-refractivity contribution in [1.82, 2.24) is 4.31 Å². The maximum absolute atomic E-state index is 12.6. The summed E-state index contributed by atoms with van der Waals surface area (Å²) in [5.74, 6) is -0.572. The Morgan fingerprint density at radius 3 is 2.26 bits per heavy atom. The van der Waals surface area contributed by atoms with Gasteiger partial charge in [-0.1, -0.05) is 12.1 Å². The number of nitrogens with one attached hydrogen (secondary N) is 1. The first-order chi connectivity index (χ1) is 12.9. The maximum atomic E-state index is 12.6. The molecule has 0 unspecified atom stereocenters. The van der Waals surface area contributed by atoms with E-state index in [4.69, 9.17) is 4.74 Å². The quantitative estimate of drug-likeness (QED) is 0.793. The van der Waals surface area contributed by atoms with Gasteiger partial charge >= 0.3 is 0 Å². The van der Waals surface area contributed by atoms with Gasteiger partial charge in [-0.15, -0.1) is 0 Å². The van der Waals surface area contributed by atoms with Crippen LogP contribution in [-0.4, -0.2) is 50.7 Å². The molecule has 2 aromatic carbocycles. The Morgan fingerprint density at radius 2 is 1.63 bits per heavy atom. The van der Waals surface area contributed by atoms with Crippen LogP contribution < -0.4 is 5.32 Å². The lowest BCUT2D eigenvalue weighted by atomic mass is 10.1. The molecule has 1 saturated heterocycles. The molecule has 7 nitrogen and oxygen atoms in total. The Labute approximate surface area is 158 Å². The molecule has 2 aromatic rings. The third kappa shape index (κ3) is 4.24. The molecule has 0 saturated carbocycles. The van der Waals surface area contributed by atoms with Crippen molar-refractivity contribution in [2.75, 3.05) is 31.6 Å². The number of carbonyl (C=O) groups excluding carboxylic acids is 2. The molecule has 0 bridgehead atoms. The zero-order valence-electron chi connectivity index (χ0n) is 14.8. The van der Waals surface area contributed by atoms with Crippen LogP contribution in [0.15, 0.2) is 53.4 Å². The fourth-order valence-corrected chi connectivity index (χ4v) is 4.22. The van der Waals surface area contributed by atoms with Gasteiger partial charge in [0.2, 0.25) is 10.0 Å². The first-order valence-corrected chi connectivity index (χ1v) is 9.93. The van der Waals surface area contributed by atoms with Gasteiger partial charge in [0.25, 0.3) is 5.91 Å². The molecule has 1 aliphatic rings. The predicted molar refractivity (Wildman–Crippen MR) is 100 cm³/mol. The number of benzene rings is 2. The van der Waals surface area contributed by atoms with Crippen molar-refractivity contribution in [3.05, 3.63) is 59.7 Å². The second-order valence-corrected chi connectivity index (χ2v) is 8.03. The second kappa shape index (κ2) is 7.99. The number of hydrogen-bond donors (Lipinski definition) is 1. The molecule has 1 heterocycles. The van der Waals surface area contributed by atoms with Gasteiger partial charge in [0.05, 0.1) is 23.8 Å². The second-order valence-electron chi connectivity index (χ2n) is 6.10. The van der Waals surface area contributed by atoms with Crippen LogP contribution >= 0.6 is 0 Å². The number of anilines is 1. The number of hydrogen-bond acceptors (Lipinski definition) is 5. The van der Waals surface area contributed by atoms with Gasteiger partial charge in [-0.25, -0.2) is 8.42 Å². The monoisotopic (exact) mass is 388 g/mol. The van der Waals surface area contributed by atoms with Crippen molar-refractivity contribution in [3.8, 4) is 0 Å². The molecule has 1 N–H and O–H groups in total. The smallest absolute Gasteiger partial charge is 0.255 e. The molecule has 0 radical (unpaired) electrons. The topological polar surface area (TPSA) is 92.8 Å². The van der Waals surface area contributed by atoms with Gasteiger partial charge in [0.1, 0.15) is 0 Å². The van der Waals surface area contributed by atoms with Crippen LogP contribution in [0.2, 0.25) is 0 Å². The summed E-state index contributed by atoms with van der Waals surface area (Å²) in [5, 5.41) is 2.69. The lowest BCUT2D eigenvalue weighted by Gasteiger charge is -2.26. The number of ketones is 1. The Morgan fingerprint density at radius 1 is 1.00 bits per heavy atom. The molecule has 1 fully saturated rings. The summed E-state index contributed by atoms with van der Waals surface area (Å²) in [6.45, 7) is 2.79. The zero-order chi connectivity index (χ0) is 19.4. The van der Waals surface area contributed by atoms with Gasteiger partial charge in [0.15, 0.2) is 5.78 Å². The Balaban J connectivity index is 1.77. The number of Topliss-reactive ketones (excluding diaryl/α,β-unsaturated/α-hetero) is 1. The first-order valence-electron chi connectivity index (χ1n) is 8.49. The molecular formula is C19H20N2O5S. The highest BCUT2D eigenvalue weighted by Gasteiger charge is 2.26. The third-order valence-corrected chi connectivity index (χ3v) is 6.19.